The first-order chi connectivity index (χ1) is 9.20. The summed E-state index contributed by atoms with van der Waals surface area (Å²) < 4.78 is 10.6. The first kappa shape index (κ1) is 13.3. The molecule has 6 nitrogen and oxygen atoms in total. The van der Waals surface area contributed by atoms with Crippen LogP contribution in [0.2, 0.25) is 0 Å². The third kappa shape index (κ3) is 3.40. The molecule has 6 heteroatoms. The summed E-state index contributed by atoms with van der Waals surface area (Å²) in [6.07, 6.45) is -0.0712. The molecule has 0 aliphatic rings. The van der Waals surface area contributed by atoms with E-state index in [9.17, 15) is 4.79 Å². The highest BCUT2D eigenvalue weighted by molar-refractivity contribution is 5.91. The van der Waals surface area contributed by atoms with Crippen molar-refractivity contribution in [2.24, 2.45) is 5.84 Å². The van der Waals surface area contributed by atoms with Crippen molar-refractivity contribution in [3.63, 3.8) is 0 Å². The van der Waals surface area contributed by atoms with Crippen LogP contribution in [0.1, 0.15) is 34.8 Å². The number of hydrazine groups is 1. The van der Waals surface area contributed by atoms with Gasteiger partial charge in [0.2, 0.25) is 0 Å². The molecular formula is C13H15N3O3. The van der Waals surface area contributed by atoms with Crippen LogP contribution in [0, 0.1) is 0 Å². The molecule has 1 unspecified atom stereocenters. The van der Waals surface area contributed by atoms with Crippen LogP contribution in [0.25, 0.3) is 0 Å². The number of nitrogens with two attached hydrogens (primary N) is 1. The summed E-state index contributed by atoms with van der Waals surface area (Å²) in [7, 11) is 0. The Labute approximate surface area is 110 Å². The van der Waals surface area contributed by atoms with Crippen molar-refractivity contribution in [3.8, 4) is 0 Å². The second kappa shape index (κ2) is 6.12. The van der Waals surface area contributed by atoms with Crippen LogP contribution >= 0.6 is 0 Å². The fraction of sp³-hybridized carbons (Fsp3) is 0.231. The molecule has 1 amide bonds. The molecule has 0 saturated carbocycles. The summed E-state index contributed by atoms with van der Waals surface area (Å²) in [4.78, 5) is 11.2. The predicted octanol–water partition coefficient (Wildman–Crippen LogP) is 1.56. The van der Waals surface area contributed by atoms with Gasteiger partial charge in [-0.1, -0.05) is 35.5 Å². The largest absolute Gasteiger partial charge is 0.366 e. The van der Waals surface area contributed by atoms with Crippen molar-refractivity contribution >= 4 is 5.91 Å². The number of aromatic nitrogens is 1. The number of benzene rings is 1. The van der Waals surface area contributed by atoms with E-state index in [1.807, 2.05) is 42.7 Å². The van der Waals surface area contributed by atoms with Gasteiger partial charge in [0.25, 0.3) is 5.91 Å². The minimum Gasteiger partial charge on any atom is -0.366 e. The molecule has 1 heterocycles. The highest BCUT2D eigenvalue weighted by Gasteiger charge is 2.12. The maximum atomic E-state index is 11.2. The van der Waals surface area contributed by atoms with Gasteiger partial charge >= 0.3 is 0 Å². The molecule has 100 valence electrons. The molecule has 0 fully saturated rings. The van der Waals surface area contributed by atoms with E-state index in [0.717, 1.165) is 5.56 Å². The molecule has 1 atom stereocenters. The van der Waals surface area contributed by atoms with E-state index >= 15 is 0 Å². The van der Waals surface area contributed by atoms with E-state index < -0.39 is 5.91 Å². The first-order valence-corrected chi connectivity index (χ1v) is 5.84. The van der Waals surface area contributed by atoms with Gasteiger partial charge in [0, 0.05) is 6.07 Å². The van der Waals surface area contributed by atoms with E-state index in [1.54, 1.807) is 0 Å². The van der Waals surface area contributed by atoms with Crippen LogP contribution in [0.5, 0.6) is 0 Å². The quantitative estimate of drug-likeness (QED) is 0.484. The van der Waals surface area contributed by atoms with Crippen LogP contribution < -0.4 is 11.3 Å². The number of ether oxygens (including phenoxy) is 1. The highest BCUT2D eigenvalue weighted by Crippen LogP contribution is 2.18. The Hall–Kier alpha value is -2.18. The van der Waals surface area contributed by atoms with E-state index in [2.05, 4.69) is 5.16 Å². The maximum Gasteiger partial charge on any atom is 0.287 e. The molecule has 2 rings (SSSR count). The zero-order chi connectivity index (χ0) is 13.7. The van der Waals surface area contributed by atoms with Crippen LogP contribution in [-0.2, 0) is 11.3 Å². The first-order valence-electron chi connectivity index (χ1n) is 5.84. The van der Waals surface area contributed by atoms with Gasteiger partial charge in [-0.05, 0) is 12.5 Å². The molecule has 0 radical (unpaired) electrons. The normalized spacial score (nSPS) is 12.1. The van der Waals surface area contributed by atoms with Gasteiger partial charge < -0.3 is 9.26 Å². The van der Waals surface area contributed by atoms with Crippen LogP contribution in [0.3, 0.4) is 0 Å². The number of hydrogen-bond donors (Lipinski definition) is 2. The van der Waals surface area contributed by atoms with E-state index in [-0.39, 0.29) is 18.4 Å². The number of nitrogens with one attached hydrogen (secondary N) is 1. The van der Waals surface area contributed by atoms with Crippen molar-refractivity contribution in [2.75, 3.05) is 0 Å². The molecule has 1 aromatic carbocycles. The Balaban J connectivity index is 1.92. The van der Waals surface area contributed by atoms with Crippen molar-refractivity contribution in [1.82, 2.24) is 10.6 Å². The van der Waals surface area contributed by atoms with E-state index in [1.165, 1.54) is 6.07 Å². The molecule has 19 heavy (non-hydrogen) atoms. The number of nitrogens with zero attached hydrogens (tertiary/aromatic N) is 1. The molecule has 0 saturated heterocycles. The number of rotatable bonds is 5. The van der Waals surface area contributed by atoms with E-state index in [0.29, 0.717) is 5.76 Å². The molecule has 2 aromatic rings. The van der Waals surface area contributed by atoms with Gasteiger partial charge in [-0.15, -0.1) is 0 Å². The summed E-state index contributed by atoms with van der Waals surface area (Å²) in [6, 6.07) is 11.3. The fourth-order valence-electron chi connectivity index (χ4n) is 1.59. The Morgan fingerprint density at radius 2 is 2.21 bits per heavy atom. The second-order valence-corrected chi connectivity index (χ2v) is 4.02. The van der Waals surface area contributed by atoms with Crippen LogP contribution in [0.4, 0.5) is 0 Å². The fourth-order valence-corrected chi connectivity index (χ4v) is 1.59. The zero-order valence-corrected chi connectivity index (χ0v) is 10.5. The van der Waals surface area contributed by atoms with Crippen molar-refractivity contribution in [1.29, 1.82) is 0 Å². The number of carbonyl (C=O) groups excluding carboxylic acids is 1. The lowest BCUT2D eigenvalue weighted by Gasteiger charge is -2.11. The van der Waals surface area contributed by atoms with Gasteiger partial charge in [0.05, 0.1) is 6.10 Å². The number of amides is 1. The smallest absolute Gasteiger partial charge is 0.287 e. The van der Waals surface area contributed by atoms with Crippen LogP contribution in [0.15, 0.2) is 40.9 Å². The summed E-state index contributed by atoms with van der Waals surface area (Å²) in [6.45, 7) is 2.18. The summed E-state index contributed by atoms with van der Waals surface area (Å²) in [5, 5.41) is 3.59. The average molecular weight is 261 g/mol. The van der Waals surface area contributed by atoms with Gasteiger partial charge in [-0.3, -0.25) is 10.2 Å². The molecule has 1 aromatic heterocycles. The second-order valence-electron chi connectivity index (χ2n) is 4.02. The lowest BCUT2D eigenvalue weighted by molar-refractivity contribution is 0.0390. The van der Waals surface area contributed by atoms with Gasteiger partial charge in [-0.25, -0.2) is 5.84 Å². The third-order valence-electron chi connectivity index (χ3n) is 2.67. The Morgan fingerprint density at radius 1 is 1.47 bits per heavy atom. The summed E-state index contributed by atoms with van der Waals surface area (Å²) >= 11 is 0. The minimum atomic E-state index is -0.494. The van der Waals surface area contributed by atoms with Crippen molar-refractivity contribution in [3.05, 3.63) is 53.4 Å². The minimum absolute atomic E-state index is 0.0712. The highest BCUT2D eigenvalue weighted by atomic mass is 16.5. The van der Waals surface area contributed by atoms with Crippen molar-refractivity contribution < 1.29 is 14.1 Å². The maximum absolute atomic E-state index is 11.2. The lowest BCUT2D eigenvalue weighted by Crippen LogP contribution is -2.30. The zero-order valence-electron chi connectivity index (χ0n) is 10.5. The van der Waals surface area contributed by atoms with Crippen LogP contribution in [-0.4, -0.2) is 11.1 Å². The number of carbonyl (C=O) groups is 1. The Bertz CT molecular complexity index is 539. The lowest BCUT2D eigenvalue weighted by atomic mass is 10.1. The third-order valence-corrected chi connectivity index (χ3v) is 2.67. The summed E-state index contributed by atoms with van der Waals surface area (Å²) in [5.74, 6) is 4.98. The standard InChI is InChI=1S/C13H15N3O3/c1-9(10-5-3-2-4-6-10)18-8-11-7-12(16-19-11)13(17)15-14/h2-7,9H,8,14H2,1H3,(H,15,17). The monoisotopic (exact) mass is 261 g/mol. The molecule has 0 spiro atoms. The molecule has 3 N–H and O–H groups in total. The molecule has 0 bridgehead atoms. The molecule has 0 aliphatic carbocycles. The Morgan fingerprint density at radius 3 is 2.89 bits per heavy atom. The Kier molecular flexibility index (Phi) is 4.27. The topological polar surface area (TPSA) is 90.4 Å². The van der Waals surface area contributed by atoms with Gasteiger partial charge in [0.15, 0.2) is 11.5 Å². The average Bonchev–Trinajstić information content (AvgIpc) is 2.93. The van der Waals surface area contributed by atoms with E-state index in [4.69, 9.17) is 15.1 Å². The summed E-state index contributed by atoms with van der Waals surface area (Å²) in [5.41, 5.74) is 3.19. The SMILES string of the molecule is CC(OCc1cc(C(=O)NN)no1)c1ccccc1. The molecular weight excluding hydrogens is 246 g/mol. The van der Waals surface area contributed by atoms with Gasteiger partial charge in [-0.2, -0.15) is 0 Å². The van der Waals surface area contributed by atoms with Crippen molar-refractivity contribution in [2.45, 2.75) is 19.6 Å². The predicted molar refractivity (Wildman–Crippen MR) is 67.8 cm³/mol. The van der Waals surface area contributed by atoms with Gasteiger partial charge in [0.1, 0.15) is 6.61 Å². The number of hydrogen-bond acceptors (Lipinski definition) is 5. The number of nitrogen functional groups attached to an aromatic ring is 1. The molecule has 0 aliphatic heterocycles.